The third-order valence-corrected chi connectivity index (χ3v) is 6.26. The second-order valence-electron chi connectivity index (χ2n) is 6.03. The number of hydrogen-bond donors (Lipinski definition) is 1. The fourth-order valence-corrected chi connectivity index (χ4v) is 4.53. The lowest BCUT2D eigenvalue weighted by Crippen LogP contribution is -2.47. The van der Waals surface area contributed by atoms with E-state index in [2.05, 4.69) is 50.3 Å². The van der Waals surface area contributed by atoms with E-state index in [1.54, 1.807) is 11.8 Å². The minimum atomic E-state index is 0.559. The number of piperazine rings is 1. The van der Waals surface area contributed by atoms with E-state index in [4.69, 9.17) is 5.73 Å². The zero-order chi connectivity index (χ0) is 16.6. The van der Waals surface area contributed by atoms with Gasteiger partial charge in [0.2, 0.25) is 5.13 Å². The zero-order valence-corrected chi connectivity index (χ0v) is 15.6. The first-order valence-electron chi connectivity index (χ1n) is 8.50. The van der Waals surface area contributed by atoms with Gasteiger partial charge < -0.3 is 15.5 Å². The number of anilines is 1. The number of thioether (sulfide) groups is 1. The highest BCUT2D eigenvalue weighted by Crippen LogP contribution is 2.24. The maximum absolute atomic E-state index is 5.59. The average Bonchev–Trinajstić information content (AvgIpc) is 3.04. The van der Waals surface area contributed by atoms with Gasteiger partial charge in [-0.15, -0.1) is 10.2 Å². The Morgan fingerprint density at radius 2 is 1.71 bits per heavy atom. The highest BCUT2D eigenvalue weighted by Gasteiger charge is 2.16. The minimum Gasteiger partial charge on any atom is -0.374 e. The Kier molecular flexibility index (Phi) is 6.89. The largest absolute Gasteiger partial charge is 0.374 e. The highest BCUT2D eigenvalue weighted by atomic mass is 32.2. The molecule has 1 fully saturated rings. The van der Waals surface area contributed by atoms with Crippen molar-refractivity contribution in [2.24, 2.45) is 0 Å². The second-order valence-corrected chi connectivity index (χ2v) is 8.38. The van der Waals surface area contributed by atoms with E-state index in [-0.39, 0.29) is 0 Å². The van der Waals surface area contributed by atoms with E-state index in [1.165, 1.54) is 62.6 Å². The van der Waals surface area contributed by atoms with Crippen molar-refractivity contribution in [1.82, 2.24) is 20.0 Å². The van der Waals surface area contributed by atoms with Crippen LogP contribution in [0.25, 0.3) is 0 Å². The van der Waals surface area contributed by atoms with E-state index in [0.29, 0.717) is 5.13 Å². The van der Waals surface area contributed by atoms with Crippen LogP contribution >= 0.6 is 23.1 Å². The Morgan fingerprint density at radius 3 is 2.38 bits per heavy atom. The third kappa shape index (κ3) is 5.73. The van der Waals surface area contributed by atoms with Crippen molar-refractivity contribution in [3.63, 3.8) is 0 Å². The average molecular weight is 364 g/mol. The number of nitrogens with two attached hydrogens (primary N) is 1. The maximum atomic E-state index is 5.59. The van der Waals surface area contributed by atoms with Gasteiger partial charge in [0.25, 0.3) is 0 Å². The van der Waals surface area contributed by atoms with E-state index in [1.807, 2.05) is 0 Å². The van der Waals surface area contributed by atoms with Crippen LogP contribution in [0.4, 0.5) is 5.13 Å². The molecule has 1 aliphatic rings. The Hall–Kier alpha value is -1.15. The summed E-state index contributed by atoms with van der Waals surface area (Å²) >= 11 is 3.24. The summed E-state index contributed by atoms with van der Waals surface area (Å²) in [6.07, 6.45) is 2.34. The van der Waals surface area contributed by atoms with Crippen molar-refractivity contribution in [3.8, 4) is 0 Å². The van der Waals surface area contributed by atoms with Gasteiger partial charge in [-0.2, -0.15) is 0 Å². The summed E-state index contributed by atoms with van der Waals surface area (Å²) in [4.78, 5) is 5.16. The lowest BCUT2D eigenvalue weighted by Gasteiger charge is -2.34. The molecule has 1 saturated heterocycles. The van der Waals surface area contributed by atoms with Crippen LogP contribution in [0.3, 0.4) is 0 Å². The molecule has 5 nitrogen and oxygen atoms in total. The molecule has 1 aromatic heterocycles. The van der Waals surface area contributed by atoms with Crippen LogP contribution in [0.2, 0.25) is 0 Å². The summed E-state index contributed by atoms with van der Waals surface area (Å²) in [6, 6.07) is 10.8. The van der Waals surface area contributed by atoms with Crippen LogP contribution in [0.15, 0.2) is 34.7 Å². The zero-order valence-electron chi connectivity index (χ0n) is 13.9. The van der Waals surface area contributed by atoms with Gasteiger partial charge in [-0.05, 0) is 24.9 Å². The third-order valence-electron chi connectivity index (χ3n) is 4.29. The summed E-state index contributed by atoms with van der Waals surface area (Å²) in [5.74, 6) is 1.09. The molecule has 2 N–H and O–H groups in total. The minimum absolute atomic E-state index is 0.559. The molecule has 0 bridgehead atoms. The van der Waals surface area contributed by atoms with Gasteiger partial charge in [-0.25, -0.2) is 0 Å². The first-order chi connectivity index (χ1) is 11.8. The Bertz CT molecular complexity index is 596. The number of hydrogen-bond acceptors (Lipinski definition) is 7. The number of nitrogens with zero attached hydrogens (tertiary/aromatic N) is 4. The maximum Gasteiger partial charge on any atom is 0.203 e. The molecule has 2 heterocycles. The summed E-state index contributed by atoms with van der Waals surface area (Å²) in [5.41, 5.74) is 7.03. The Balaban J connectivity index is 1.26. The molecule has 0 amide bonds. The van der Waals surface area contributed by atoms with Crippen molar-refractivity contribution in [1.29, 1.82) is 0 Å². The molecule has 0 unspecified atom stereocenters. The summed E-state index contributed by atoms with van der Waals surface area (Å²) < 4.78 is 0.984. The molecular formula is C17H25N5S2. The summed E-state index contributed by atoms with van der Waals surface area (Å²) in [7, 11) is 0. The molecule has 1 aromatic carbocycles. The van der Waals surface area contributed by atoms with Gasteiger partial charge in [0, 0.05) is 38.5 Å². The normalized spacial score (nSPS) is 16.5. The van der Waals surface area contributed by atoms with Gasteiger partial charge in [-0.1, -0.05) is 53.4 Å². The Morgan fingerprint density at radius 1 is 1.00 bits per heavy atom. The number of rotatable bonds is 8. The van der Waals surface area contributed by atoms with E-state index >= 15 is 0 Å². The molecular weight excluding hydrogens is 338 g/mol. The number of benzene rings is 1. The van der Waals surface area contributed by atoms with Crippen molar-refractivity contribution in [2.75, 3.05) is 50.8 Å². The lowest BCUT2D eigenvalue weighted by atomic mass is 10.1. The number of nitrogen functional groups attached to an aromatic ring is 1. The van der Waals surface area contributed by atoms with Crippen molar-refractivity contribution in [2.45, 2.75) is 17.2 Å². The number of aromatic nitrogens is 2. The molecule has 130 valence electrons. The lowest BCUT2D eigenvalue weighted by molar-refractivity contribution is 0.134. The fraction of sp³-hybridized carbons (Fsp3) is 0.529. The molecule has 3 rings (SSSR count). The first kappa shape index (κ1) is 17.7. The molecule has 0 saturated carbocycles. The quantitative estimate of drug-likeness (QED) is 0.574. The summed E-state index contributed by atoms with van der Waals surface area (Å²) in [6.45, 7) is 7.09. The summed E-state index contributed by atoms with van der Waals surface area (Å²) in [5, 5.41) is 8.44. The van der Waals surface area contributed by atoms with Crippen LogP contribution in [-0.4, -0.2) is 65.0 Å². The fourth-order valence-electron chi connectivity index (χ4n) is 2.89. The predicted molar refractivity (Wildman–Crippen MR) is 103 cm³/mol. The van der Waals surface area contributed by atoms with E-state index < -0.39 is 0 Å². The predicted octanol–water partition coefficient (Wildman–Crippen LogP) is 2.46. The SMILES string of the molecule is Nc1nnc(SCCCN2CCN(CCc3ccccc3)CC2)s1. The van der Waals surface area contributed by atoms with Crippen molar-refractivity contribution in [3.05, 3.63) is 35.9 Å². The topological polar surface area (TPSA) is 58.3 Å². The van der Waals surface area contributed by atoms with Crippen molar-refractivity contribution < 1.29 is 0 Å². The smallest absolute Gasteiger partial charge is 0.203 e. The molecule has 1 aliphatic heterocycles. The van der Waals surface area contributed by atoms with Gasteiger partial charge in [0.1, 0.15) is 0 Å². The van der Waals surface area contributed by atoms with Gasteiger partial charge in [0.05, 0.1) is 0 Å². The van der Waals surface area contributed by atoms with Gasteiger partial charge in [0.15, 0.2) is 4.34 Å². The monoisotopic (exact) mass is 363 g/mol. The van der Waals surface area contributed by atoms with E-state index in [9.17, 15) is 0 Å². The molecule has 0 radical (unpaired) electrons. The highest BCUT2D eigenvalue weighted by molar-refractivity contribution is 8.01. The molecule has 0 spiro atoms. The van der Waals surface area contributed by atoms with Gasteiger partial charge >= 0.3 is 0 Å². The van der Waals surface area contributed by atoms with Crippen LogP contribution in [0.5, 0.6) is 0 Å². The van der Waals surface area contributed by atoms with E-state index in [0.717, 1.165) is 16.5 Å². The van der Waals surface area contributed by atoms with Crippen LogP contribution in [0.1, 0.15) is 12.0 Å². The van der Waals surface area contributed by atoms with Crippen LogP contribution in [0, 0.1) is 0 Å². The standard InChI is InChI=1S/C17H25N5S2/c18-16-19-20-17(24-16)23-14-4-8-21-10-12-22(13-11-21)9-7-15-5-2-1-3-6-15/h1-3,5-6H,4,7-14H2,(H2,18,19). The Labute approximate surface area is 152 Å². The van der Waals surface area contributed by atoms with Gasteiger partial charge in [-0.3, -0.25) is 0 Å². The molecule has 2 aromatic rings. The molecule has 7 heteroatoms. The molecule has 0 aliphatic carbocycles. The van der Waals surface area contributed by atoms with Crippen LogP contribution < -0.4 is 5.73 Å². The van der Waals surface area contributed by atoms with Crippen LogP contribution in [-0.2, 0) is 6.42 Å². The molecule has 0 atom stereocenters. The van der Waals surface area contributed by atoms with Crippen molar-refractivity contribution >= 4 is 28.2 Å². The first-order valence-corrected chi connectivity index (χ1v) is 10.3. The second kappa shape index (κ2) is 9.36. The molecule has 24 heavy (non-hydrogen) atoms.